The number of rotatable bonds is 1. The number of anilines is 1. The van der Waals surface area contributed by atoms with Crippen molar-refractivity contribution in [2.24, 2.45) is 0 Å². The molecule has 0 radical (unpaired) electrons. The van der Waals surface area contributed by atoms with Crippen molar-refractivity contribution in [1.82, 2.24) is 4.98 Å². The molecule has 0 spiro atoms. The van der Waals surface area contributed by atoms with Gasteiger partial charge in [-0.15, -0.1) is 0 Å². The van der Waals surface area contributed by atoms with E-state index < -0.39 is 0 Å². The summed E-state index contributed by atoms with van der Waals surface area (Å²) >= 11 is 3.78. The van der Waals surface area contributed by atoms with Crippen LogP contribution in [0, 0.1) is 11.3 Å². The molecule has 0 amide bonds. The Morgan fingerprint density at radius 3 is 2.80 bits per heavy atom. The number of hydrogen-bond donors (Lipinski definition) is 2. The van der Waals surface area contributed by atoms with Crippen LogP contribution in [-0.4, -0.2) is 4.98 Å². The molecule has 0 aromatic carbocycles. The lowest BCUT2D eigenvalue weighted by Crippen LogP contribution is -1.85. The summed E-state index contributed by atoms with van der Waals surface area (Å²) in [6.07, 6.45) is 1.48. The maximum absolute atomic E-state index is 8.37. The van der Waals surface area contributed by atoms with Crippen LogP contribution in [0.25, 0.3) is 0 Å². The first-order valence-corrected chi connectivity index (χ1v) is 3.08. The van der Waals surface area contributed by atoms with E-state index in [9.17, 15) is 0 Å². The van der Waals surface area contributed by atoms with Crippen LogP contribution in [0.3, 0.4) is 0 Å². The molecule has 1 N–H and O–H groups in total. The summed E-state index contributed by atoms with van der Waals surface area (Å²) in [6.45, 7) is 0. The van der Waals surface area contributed by atoms with Gasteiger partial charge in [0.1, 0.15) is 11.9 Å². The van der Waals surface area contributed by atoms with E-state index in [2.05, 4.69) is 22.5 Å². The molecule has 3 nitrogen and oxygen atoms in total. The second kappa shape index (κ2) is 3.08. The van der Waals surface area contributed by atoms with Gasteiger partial charge in [0.25, 0.3) is 0 Å². The summed E-state index contributed by atoms with van der Waals surface area (Å²) in [7, 11) is 0. The highest BCUT2D eigenvalue weighted by atomic mass is 32.1. The van der Waals surface area contributed by atoms with Crippen LogP contribution in [0.15, 0.2) is 18.3 Å². The number of nitrogens with zero attached hydrogens (tertiary/aromatic N) is 2. The first kappa shape index (κ1) is 6.90. The molecule has 0 bridgehead atoms. The molecule has 0 aliphatic rings. The Labute approximate surface area is 64.2 Å². The molecule has 0 atom stereocenters. The molecule has 0 saturated carbocycles. The molecule has 0 aliphatic carbocycles. The Hall–Kier alpha value is -1.21. The quantitative estimate of drug-likeness (QED) is 0.593. The Bertz CT molecular complexity index is 249. The zero-order valence-electron chi connectivity index (χ0n) is 5.07. The lowest BCUT2D eigenvalue weighted by molar-refractivity contribution is 1.31. The third kappa shape index (κ3) is 1.39. The number of nitriles is 1. The van der Waals surface area contributed by atoms with Crippen LogP contribution in [0.4, 0.5) is 5.82 Å². The standard InChI is InChI=1S/C6H5N3S/c7-3-5-1-2-6(9-10)8-4-5/h1-2,4,10H,(H,8,9). The van der Waals surface area contributed by atoms with Crippen LogP contribution < -0.4 is 4.72 Å². The first-order chi connectivity index (χ1) is 4.86. The van der Waals surface area contributed by atoms with Gasteiger partial charge in [0, 0.05) is 6.20 Å². The maximum atomic E-state index is 8.37. The number of aromatic nitrogens is 1. The van der Waals surface area contributed by atoms with Crippen molar-refractivity contribution in [2.75, 3.05) is 4.72 Å². The number of thiol groups is 1. The molecule has 1 aromatic heterocycles. The second-order valence-corrected chi connectivity index (χ2v) is 1.88. The van der Waals surface area contributed by atoms with E-state index in [4.69, 9.17) is 5.26 Å². The topological polar surface area (TPSA) is 48.7 Å². The molecule has 0 saturated heterocycles. The fourth-order valence-electron chi connectivity index (χ4n) is 0.526. The second-order valence-electron chi connectivity index (χ2n) is 1.66. The van der Waals surface area contributed by atoms with E-state index >= 15 is 0 Å². The molecule has 0 aliphatic heterocycles. The minimum atomic E-state index is 0.548. The van der Waals surface area contributed by atoms with Crippen molar-refractivity contribution >= 4 is 18.6 Å². The fraction of sp³-hybridized carbons (Fsp3) is 0. The summed E-state index contributed by atoms with van der Waals surface area (Å²) in [5.41, 5.74) is 0.548. The molecule has 4 heteroatoms. The fourth-order valence-corrected chi connectivity index (χ4v) is 0.658. The Balaban J connectivity index is 2.93. The van der Waals surface area contributed by atoms with E-state index in [1.165, 1.54) is 6.20 Å². The minimum Gasteiger partial charge on any atom is -0.317 e. The first-order valence-electron chi connectivity index (χ1n) is 2.63. The third-order valence-electron chi connectivity index (χ3n) is 1.01. The molecule has 1 rings (SSSR count). The minimum absolute atomic E-state index is 0.548. The van der Waals surface area contributed by atoms with Crippen molar-refractivity contribution in [3.8, 4) is 6.07 Å². The molecular weight excluding hydrogens is 146 g/mol. The van der Waals surface area contributed by atoms with Crippen LogP contribution in [0.2, 0.25) is 0 Å². The summed E-state index contributed by atoms with van der Waals surface area (Å²) < 4.78 is 2.55. The summed E-state index contributed by atoms with van der Waals surface area (Å²) in [5.74, 6) is 0.641. The van der Waals surface area contributed by atoms with Gasteiger partial charge in [-0.1, -0.05) is 12.8 Å². The van der Waals surface area contributed by atoms with Gasteiger partial charge in [-0.05, 0) is 12.1 Å². The van der Waals surface area contributed by atoms with Crippen molar-refractivity contribution in [1.29, 1.82) is 5.26 Å². The highest BCUT2D eigenvalue weighted by molar-refractivity contribution is 7.81. The van der Waals surface area contributed by atoms with Gasteiger partial charge in [-0.2, -0.15) is 5.26 Å². The smallest absolute Gasteiger partial charge is 0.135 e. The average molecular weight is 151 g/mol. The SMILES string of the molecule is N#Cc1ccc(NS)nc1. The van der Waals surface area contributed by atoms with Gasteiger partial charge < -0.3 is 4.72 Å². The van der Waals surface area contributed by atoms with Crippen LogP contribution >= 0.6 is 12.8 Å². The average Bonchev–Trinajstić information content (AvgIpc) is 2.05. The van der Waals surface area contributed by atoms with Crippen LogP contribution in [0.1, 0.15) is 5.56 Å². The Kier molecular flexibility index (Phi) is 2.13. The van der Waals surface area contributed by atoms with Gasteiger partial charge >= 0.3 is 0 Å². The Morgan fingerprint density at radius 1 is 1.60 bits per heavy atom. The largest absolute Gasteiger partial charge is 0.317 e. The number of hydrogen-bond acceptors (Lipinski definition) is 4. The third-order valence-corrected chi connectivity index (χ3v) is 1.24. The van der Waals surface area contributed by atoms with Crippen molar-refractivity contribution in [2.45, 2.75) is 0 Å². The zero-order valence-corrected chi connectivity index (χ0v) is 5.97. The van der Waals surface area contributed by atoms with Gasteiger partial charge in [0.15, 0.2) is 0 Å². The van der Waals surface area contributed by atoms with E-state index in [-0.39, 0.29) is 0 Å². The molecule has 0 fully saturated rings. The molecule has 1 heterocycles. The van der Waals surface area contributed by atoms with Gasteiger partial charge in [-0.3, -0.25) is 0 Å². The predicted molar refractivity (Wildman–Crippen MR) is 41.6 cm³/mol. The Morgan fingerprint density at radius 2 is 2.40 bits per heavy atom. The lowest BCUT2D eigenvalue weighted by Gasteiger charge is -1.94. The maximum Gasteiger partial charge on any atom is 0.135 e. The van der Waals surface area contributed by atoms with Gasteiger partial charge in [-0.25, -0.2) is 4.98 Å². The summed E-state index contributed by atoms with van der Waals surface area (Å²) in [5, 5.41) is 8.37. The number of pyridine rings is 1. The molecule has 10 heavy (non-hydrogen) atoms. The molecule has 50 valence electrons. The van der Waals surface area contributed by atoms with Crippen molar-refractivity contribution in [3.63, 3.8) is 0 Å². The lowest BCUT2D eigenvalue weighted by atomic mass is 10.3. The monoisotopic (exact) mass is 151 g/mol. The van der Waals surface area contributed by atoms with Crippen molar-refractivity contribution in [3.05, 3.63) is 23.9 Å². The van der Waals surface area contributed by atoms with E-state index in [0.717, 1.165) is 0 Å². The normalized spacial score (nSPS) is 8.40. The van der Waals surface area contributed by atoms with E-state index in [1.807, 2.05) is 6.07 Å². The highest BCUT2D eigenvalue weighted by Crippen LogP contribution is 2.03. The van der Waals surface area contributed by atoms with Crippen molar-refractivity contribution < 1.29 is 0 Å². The van der Waals surface area contributed by atoms with Gasteiger partial charge in [0.2, 0.25) is 0 Å². The summed E-state index contributed by atoms with van der Waals surface area (Å²) in [6, 6.07) is 5.32. The van der Waals surface area contributed by atoms with E-state index in [1.54, 1.807) is 12.1 Å². The number of nitrogens with one attached hydrogen (secondary N) is 1. The van der Waals surface area contributed by atoms with E-state index in [0.29, 0.717) is 11.4 Å². The molecular formula is C6H5N3S. The zero-order chi connectivity index (χ0) is 7.40. The highest BCUT2D eigenvalue weighted by Gasteiger charge is 1.89. The molecule has 0 unspecified atom stereocenters. The molecule has 1 aromatic rings. The predicted octanol–water partition coefficient (Wildman–Crippen LogP) is 1.21. The van der Waals surface area contributed by atoms with Crippen LogP contribution in [-0.2, 0) is 0 Å². The van der Waals surface area contributed by atoms with Crippen LogP contribution in [0.5, 0.6) is 0 Å². The summed E-state index contributed by atoms with van der Waals surface area (Å²) in [4.78, 5) is 3.86. The van der Waals surface area contributed by atoms with Gasteiger partial charge in [0.05, 0.1) is 5.56 Å².